The van der Waals surface area contributed by atoms with Gasteiger partial charge in [0, 0.05) is 19.1 Å². The van der Waals surface area contributed by atoms with Crippen LogP contribution >= 0.6 is 0 Å². The summed E-state index contributed by atoms with van der Waals surface area (Å²) in [5.74, 6) is 0. The van der Waals surface area contributed by atoms with Crippen LogP contribution in [0.5, 0.6) is 0 Å². The van der Waals surface area contributed by atoms with Crippen LogP contribution < -0.4 is 5.73 Å². The molecule has 1 aliphatic carbocycles. The average molecular weight is 262 g/mol. The summed E-state index contributed by atoms with van der Waals surface area (Å²) in [5, 5.41) is -0.172. The lowest BCUT2D eigenvalue weighted by Gasteiger charge is -2.35. The Bertz CT molecular complexity index is 350. The van der Waals surface area contributed by atoms with Gasteiger partial charge in [0.15, 0.2) is 0 Å². The molecule has 5 nitrogen and oxygen atoms in total. The minimum atomic E-state index is -3.13. The fourth-order valence-corrected chi connectivity index (χ4v) is 4.63. The number of nitrogens with zero attached hydrogens (tertiary/aromatic N) is 1. The van der Waals surface area contributed by atoms with E-state index in [9.17, 15) is 8.42 Å². The van der Waals surface area contributed by atoms with Crippen LogP contribution in [0.3, 0.4) is 0 Å². The average Bonchev–Trinajstić information content (AvgIpc) is 2.83. The van der Waals surface area contributed by atoms with Gasteiger partial charge in [0.2, 0.25) is 10.0 Å². The summed E-state index contributed by atoms with van der Waals surface area (Å²) in [7, 11) is -3.13. The fourth-order valence-electron chi connectivity index (χ4n) is 2.60. The normalized spacial score (nSPS) is 30.6. The Kier molecular flexibility index (Phi) is 4.07. The van der Waals surface area contributed by atoms with Crippen LogP contribution in [0, 0.1) is 0 Å². The zero-order chi connectivity index (χ0) is 12.5. The Labute approximate surface area is 103 Å². The molecule has 2 fully saturated rings. The number of sulfonamides is 1. The van der Waals surface area contributed by atoms with Gasteiger partial charge in [-0.3, -0.25) is 0 Å². The van der Waals surface area contributed by atoms with Gasteiger partial charge in [-0.15, -0.1) is 0 Å². The van der Waals surface area contributed by atoms with E-state index in [1.54, 1.807) is 4.31 Å². The van der Waals surface area contributed by atoms with E-state index in [-0.39, 0.29) is 17.4 Å². The van der Waals surface area contributed by atoms with E-state index in [4.69, 9.17) is 10.5 Å². The summed E-state index contributed by atoms with van der Waals surface area (Å²) in [5.41, 5.74) is 5.78. The molecular formula is C11H22N2O3S. The highest BCUT2D eigenvalue weighted by Gasteiger charge is 2.37. The molecule has 0 amide bonds. The van der Waals surface area contributed by atoms with Gasteiger partial charge in [-0.1, -0.05) is 12.8 Å². The fraction of sp³-hybridized carbons (Fsp3) is 1.00. The summed E-state index contributed by atoms with van der Waals surface area (Å²) >= 11 is 0. The maximum atomic E-state index is 12.4. The number of nitrogens with two attached hydrogens (primary N) is 1. The first kappa shape index (κ1) is 13.3. The molecule has 1 aliphatic heterocycles. The van der Waals surface area contributed by atoms with Gasteiger partial charge in [-0.05, 0) is 19.8 Å². The third-order valence-electron chi connectivity index (χ3n) is 3.73. The highest BCUT2D eigenvalue weighted by Crippen LogP contribution is 2.28. The molecule has 1 saturated heterocycles. The highest BCUT2D eigenvalue weighted by atomic mass is 32.2. The molecule has 100 valence electrons. The summed E-state index contributed by atoms with van der Waals surface area (Å²) < 4.78 is 31.9. The van der Waals surface area contributed by atoms with Crippen molar-refractivity contribution in [2.75, 3.05) is 19.7 Å². The maximum absolute atomic E-state index is 12.4. The van der Waals surface area contributed by atoms with Gasteiger partial charge in [0.1, 0.15) is 0 Å². The summed E-state index contributed by atoms with van der Waals surface area (Å²) in [6.45, 7) is 3.20. The molecule has 2 rings (SSSR count). The zero-order valence-corrected chi connectivity index (χ0v) is 11.2. The van der Waals surface area contributed by atoms with Crippen molar-refractivity contribution in [3.63, 3.8) is 0 Å². The molecule has 0 aromatic carbocycles. The molecule has 2 aliphatic rings. The first-order valence-corrected chi connectivity index (χ1v) is 7.88. The van der Waals surface area contributed by atoms with E-state index in [0.717, 1.165) is 25.7 Å². The van der Waals surface area contributed by atoms with Crippen molar-refractivity contribution in [2.45, 2.75) is 50.0 Å². The molecule has 2 atom stereocenters. The van der Waals surface area contributed by atoms with E-state index < -0.39 is 10.0 Å². The van der Waals surface area contributed by atoms with Crippen molar-refractivity contribution in [2.24, 2.45) is 5.73 Å². The van der Waals surface area contributed by atoms with Gasteiger partial charge >= 0.3 is 0 Å². The number of hydrogen-bond donors (Lipinski definition) is 1. The summed E-state index contributed by atoms with van der Waals surface area (Å²) in [6.07, 6.45) is 3.51. The third kappa shape index (κ3) is 2.81. The van der Waals surface area contributed by atoms with E-state index >= 15 is 0 Å². The SMILES string of the molecule is CC(N)C1CN(S(=O)(=O)C2CCCC2)CCO1. The van der Waals surface area contributed by atoms with Crippen molar-refractivity contribution >= 4 is 10.0 Å². The molecule has 1 saturated carbocycles. The topological polar surface area (TPSA) is 72.6 Å². The first-order valence-electron chi connectivity index (χ1n) is 6.38. The van der Waals surface area contributed by atoms with E-state index in [0.29, 0.717) is 19.7 Å². The lowest BCUT2D eigenvalue weighted by atomic mass is 10.2. The van der Waals surface area contributed by atoms with Crippen molar-refractivity contribution in [3.8, 4) is 0 Å². The molecule has 2 unspecified atom stereocenters. The molecule has 2 N–H and O–H groups in total. The second-order valence-electron chi connectivity index (χ2n) is 5.08. The molecule has 0 bridgehead atoms. The Morgan fingerprint density at radius 2 is 2.00 bits per heavy atom. The number of rotatable bonds is 3. The predicted octanol–water partition coefficient (Wildman–Crippen LogP) is 0.307. The lowest BCUT2D eigenvalue weighted by Crippen LogP contribution is -2.53. The summed E-state index contributed by atoms with van der Waals surface area (Å²) in [6, 6.07) is -0.128. The molecule has 0 radical (unpaired) electrons. The van der Waals surface area contributed by atoms with Crippen molar-refractivity contribution in [3.05, 3.63) is 0 Å². The second kappa shape index (κ2) is 5.22. The van der Waals surface area contributed by atoms with E-state index in [1.165, 1.54) is 0 Å². The van der Waals surface area contributed by atoms with Gasteiger partial charge in [0.05, 0.1) is 18.0 Å². The zero-order valence-electron chi connectivity index (χ0n) is 10.3. The molecule has 1 heterocycles. The smallest absolute Gasteiger partial charge is 0.217 e. The Balaban J connectivity index is 2.05. The number of ether oxygens (including phenoxy) is 1. The van der Waals surface area contributed by atoms with Crippen LogP contribution in [0.25, 0.3) is 0 Å². The standard InChI is InChI=1S/C11H22N2O3S/c1-9(12)11-8-13(6-7-16-11)17(14,15)10-4-2-3-5-10/h9-11H,2-8,12H2,1H3. The molecule has 0 aromatic heterocycles. The molecular weight excluding hydrogens is 240 g/mol. The molecule has 0 aromatic rings. The lowest BCUT2D eigenvalue weighted by molar-refractivity contribution is -0.0122. The molecule has 6 heteroatoms. The predicted molar refractivity (Wildman–Crippen MR) is 66.1 cm³/mol. The summed E-state index contributed by atoms with van der Waals surface area (Å²) in [4.78, 5) is 0. The first-order chi connectivity index (χ1) is 8.01. The highest BCUT2D eigenvalue weighted by molar-refractivity contribution is 7.89. The number of morpholine rings is 1. The Hall–Kier alpha value is -0.170. The van der Waals surface area contributed by atoms with E-state index in [1.807, 2.05) is 6.92 Å². The largest absolute Gasteiger partial charge is 0.374 e. The minimum Gasteiger partial charge on any atom is -0.374 e. The van der Waals surface area contributed by atoms with Crippen LogP contribution in [-0.2, 0) is 14.8 Å². The van der Waals surface area contributed by atoms with Gasteiger partial charge < -0.3 is 10.5 Å². The van der Waals surface area contributed by atoms with Crippen LogP contribution in [0.1, 0.15) is 32.6 Å². The minimum absolute atomic E-state index is 0.128. The van der Waals surface area contributed by atoms with Crippen LogP contribution in [0.15, 0.2) is 0 Å². The molecule has 17 heavy (non-hydrogen) atoms. The van der Waals surface area contributed by atoms with Crippen LogP contribution in [0.2, 0.25) is 0 Å². The van der Waals surface area contributed by atoms with Crippen LogP contribution in [-0.4, -0.2) is 49.8 Å². The Morgan fingerprint density at radius 3 is 2.59 bits per heavy atom. The van der Waals surface area contributed by atoms with E-state index in [2.05, 4.69) is 0 Å². The second-order valence-corrected chi connectivity index (χ2v) is 7.29. The van der Waals surface area contributed by atoms with Gasteiger partial charge in [-0.25, -0.2) is 8.42 Å². The monoisotopic (exact) mass is 262 g/mol. The van der Waals surface area contributed by atoms with Crippen molar-refractivity contribution in [1.29, 1.82) is 0 Å². The van der Waals surface area contributed by atoms with Gasteiger partial charge in [0.25, 0.3) is 0 Å². The quantitative estimate of drug-likeness (QED) is 0.794. The number of hydrogen-bond acceptors (Lipinski definition) is 4. The van der Waals surface area contributed by atoms with Crippen LogP contribution in [0.4, 0.5) is 0 Å². The third-order valence-corrected chi connectivity index (χ3v) is 6.09. The van der Waals surface area contributed by atoms with Gasteiger partial charge in [-0.2, -0.15) is 4.31 Å². The molecule has 0 spiro atoms. The van der Waals surface area contributed by atoms with Crippen molar-refractivity contribution < 1.29 is 13.2 Å². The Morgan fingerprint density at radius 1 is 1.35 bits per heavy atom. The maximum Gasteiger partial charge on any atom is 0.217 e. The van der Waals surface area contributed by atoms with Crippen molar-refractivity contribution in [1.82, 2.24) is 4.31 Å².